The first-order chi connectivity index (χ1) is 11.4. The molecule has 1 fully saturated rings. The van der Waals surface area contributed by atoms with Crippen LogP contribution in [0.4, 0.5) is 14.5 Å². The molecule has 24 heavy (non-hydrogen) atoms. The Bertz CT molecular complexity index is 554. The van der Waals surface area contributed by atoms with Gasteiger partial charge in [-0.05, 0) is 52.5 Å². The van der Waals surface area contributed by atoms with Crippen molar-refractivity contribution in [3.63, 3.8) is 0 Å². The van der Waals surface area contributed by atoms with Crippen LogP contribution in [0.1, 0.15) is 19.8 Å². The summed E-state index contributed by atoms with van der Waals surface area (Å²) in [6.45, 7) is 0.581. The maximum Gasteiger partial charge on any atom is 0.387 e. The van der Waals surface area contributed by atoms with Crippen LogP contribution in [0, 0.1) is 0 Å². The van der Waals surface area contributed by atoms with Gasteiger partial charge in [0.2, 0.25) is 5.91 Å². The van der Waals surface area contributed by atoms with E-state index in [-0.39, 0.29) is 23.4 Å². The summed E-state index contributed by atoms with van der Waals surface area (Å²) in [5.74, 6) is -0.252. The van der Waals surface area contributed by atoms with Crippen LogP contribution in [0.2, 0.25) is 0 Å². The summed E-state index contributed by atoms with van der Waals surface area (Å²) in [7, 11) is 4.08. The molecule has 1 heterocycles. The standard InChI is InChI=1S/C17H25F2N3O2/c1-12(22-10-6-7-13(11-22)21(2)3)16(23)20-14-8-4-5-9-15(14)24-17(18)19/h4-5,8-9,12-13,17H,6-7,10-11H2,1-3H3,(H,20,23)/t12-,13+/m0/s1. The van der Waals surface area contributed by atoms with E-state index in [0.717, 1.165) is 25.9 Å². The molecule has 0 aromatic heterocycles. The van der Waals surface area contributed by atoms with Crippen LogP contribution in [-0.4, -0.2) is 61.6 Å². The number of nitrogens with one attached hydrogen (secondary N) is 1. The van der Waals surface area contributed by atoms with Crippen molar-refractivity contribution in [2.45, 2.75) is 38.5 Å². The van der Waals surface area contributed by atoms with E-state index in [1.807, 2.05) is 21.0 Å². The Labute approximate surface area is 141 Å². The number of anilines is 1. The number of carbonyl (C=O) groups excluding carboxylic acids is 1. The lowest BCUT2D eigenvalue weighted by atomic mass is 10.0. The highest BCUT2D eigenvalue weighted by molar-refractivity contribution is 5.95. The Morgan fingerprint density at radius 2 is 2.08 bits per heavy atom. The average Bonchev–Trinajstić information content (AvgIpc) is 2.55. The molecule has 0 saturated carbocycles. The van der Waals surface area contributed by atoms with Crippen molar-refractivity contribution in [2.24, 2.45) is 0 Å². The number of halogens is 2. The van der Waals surface area contributed by atoms with Gasteiger partial charge in [-0.2, -0.15) is 8.78 Å². The van der Waals surface area contributed by atoms with Crippen LogP contribution in [0.5, 0.6) is 5.75 Å². The lowest BCUT2D eigenvalue weighted by Gasteiger charge is -2.38. The first-order valence-electron chi connectivity index (χ1n) is 8.13. The van der Waals surface area contributed by atoms with Gasteiger partial charge in [0.05, 0.1) is 11.7 Å². The molecule has 1 aliphatic rings. The van der Waals surface area contributed by atoms with Crippen molar-refractivity contribution in [1.82, 2.24) is 9.80 Å². The maximum atomic E-state index is 12.5. The fraction of sp³-hybridized carbons (Fsp3) is 0.588. The number of likely N-dealkylation sites (tertiary alicyclic amines) is 1. The second-order valence-electron chi connectivity index (χ2n) is 6.29. The second-order valence-corrected chi connectivity index (χ2v) is 6.29. The monoisotopic (exact) mass is 341 g/mol. The van der Waals surface area contributed by atoms with Crippen molar-refractivity contribution in [3.05, 3.63) is 24.3 Å². The molecule has 0 aliphatic carbocycles. The Morgan fingerprint density at radius 1 is 1.38 bits per heavy atom. The predicted molar refractivity (Wildman–Crippen MR) is 89.4 cm³/mol. The molecule has 134 valence electrons. The van der Waals surface area contributed by atoms with E-state index in [4.69, 9.17) is 0 Å². The third-order valence-corrected chi connectivity index (χ3v) is 4.45. The van der Waals surface area contributed by atoms with Crippen molar-refractivity contribution in [3.8, 4) is 5.75 Å². The molecule has 1 aliphatic heterocycles. The summed E-state index contributed by atoms with van der Waals surface area (Å²) < 4.78 is 29.4. The highest BCUT2D eigenvalue weighted by Crippen LogP contribution is 2.26. The fourth-order valence-electron chi connectivity index (χ4n) is 2.93. The number of amides is 1. The molecule has 2 rings (SSSR count). The van der Waals surface area contributed by atoms with E-state index in [1.165, 1.54) is 6.07 Å². The molecule has 1 aromatic rings. The second kappa shape index (κ2) is 8.39. The summed E-state index contributed by atoms with van der Waals surface area (Å²) in [5.41, 5.74) is 0.260. The smallest absolute Gasteiger partial charge is 0.387 e. The van der Waals surface area contributed by atoms with E-state index in [0.29, 0.717) is 6.04 Å². The highest BCUT2D eigenvalue weighted by Gasteiger charge is 2.28. The minimum absolute atomic E-state index is 0.0298. The number of para-hydroxylation sites is 2. The third kappa shape index (κ3) is 4.88. The number of carbonyl (C=O) groups is 1. The van der Waals surface area contributed by atoms with Crippen LogP contribution in [0.15, 0.2) is 24.3 Å². The normalized spacial score (nSPS) is 20.2. The van der Waals surface area contributed by atoms with Gasteiger partial charge < -0.3 is 15.0 Å². The van der Waals surface area contributed by atoms with Gasteiger partial charge in [0, 0.05) is 12.6 Å². The summed E-state index contributed by atoms with van der Waals surface area (Å²) in [5, 5.41) is 2.70. The molecule has 7 heteroatoms. The van der Waals surface area contributed by atoms with E-state index < -0.39 is 6.61 Å². The van der Waals surface area contributed by atoms with E-state index in [9.17, 15) is 13.6 Å². The van der Waals surface area contributed by atoms with Crippen molar-refractivity contribution in [1.29, 1.82) is 0 Å². The average molecular weight is 341 g/mol. The highest BCUT2D eigenvalue weighted by atomic mass is 19.3. The Hall–Kier alpha value is -1.73. The van der Waals surface area contributed by atoms with Gasteiger partial charge in [0.15, 0.2) is 0 Å². The first kappa shape index (κ1) is 18.6. The molecule has 1 amide bonds. The number of likely N-dealkylation sites (N-methyl/N-ethyl adjacent to an activating group) is 1. The first-order valence-corrected chi connectivity index (χ1v) is 8.13. The number of ether oxygens (including phenoxy) is 1. The van der Waals surface area contributed by atoms with Gasteiger partial charge in [0.1, 0.15) is 5.75 Å². The number of hydrogen-bond donors (Lipinski definition) is 1. The Kier molecular flexibility index (Phi) is 6.51. The molecule has 0 spiro atoms. The zero-order chi connectivity index (χ0) is 17.7. The number of rotatable bonds is 6. The number of nitrogens with zero attached hydrogens (tertiary/aromatic N) is 2. The minimum atomic E-state index is -2.93. The van der Waals surface area contributed by atoms with Crippen LogP contribution in [0.3, 0.4) is 0 Å². The van der Waals surface area contributed by atoms with Crippen LogP contribution in [0.25, 0.3) is 0 Å². The van der Waals surface area contributed by atoms with Crippen LogP contribution in [-0.2, 0) is 4.79 Å². The minimum Gasteiger partial charge on any atom is -0.433 e. The lowest BCUT2D eigenvalue weighted by molar-refractivity contribution is -0.121. The molecule has 0 unspecified atom stereocenters. The maximum absolute atomic E-state index is 12.5. The van der Waals surface area contributed by atoms with Gasteiger partial charge in [-0.25, -0.2) is 0 Å². The zero-order valence-corrected chi connectivity index (χ0v) is 14.3. The van der Waals surface area contributed by atoms with E-state index in [1.54, 1.807) is 18.2 Å². The van der Waals surface area contributed by atoms with E-state index in [2.05, 4.69) is 19.9 Å². The van der Waals surface area contributed by atoms with Gasteiger partial charge in [-0.15, -0.1) is 0 Å². The largest absolute Gasteiger partial charge is 0.433 e. The number of hydrogen-bond acceptors (Lipinski definition) is 4. The number of piperidine rings is 1. The molecule has 0 radical (unpaired) electrons. The van der Waals surface area contributed by atoms with Crippen LogP contribution < -0.4 is 10.1 Å². The molecule has 2 atom stereocenters. The van der Waals surface area contributed by atoms with Gasteiger partial charge >= 0.3 is 6.61 Å². The van der Waals surface area contributed by atoms with Crippen molar-refractivity contribution >= 4 is 11.6 Å². The molecule has 5 nitrogen and oxygen atoms in total. The van der Waals surface area contributed by atoms with Crippen molar-refractivity contribution < 1.29 is 18.3 Å². The Morgan fingerprint density at radius 3 is 2.75 bits per heavy atom. The van der Waals surface area contributed by atoms with Gasteiger partial charge in [-0.3, -0.25) is 9.69 Å². The molecule has 1 aromatic carbocycles. The molecule has 0 bridgehead atoms. The summed E-state index contributed by atoms with van der Waals surface area (Å²) in [6.07, 6.45) is 2.15. The van der Waals surface area contributed by atoms with Gasteiger partial charge in [-0.1, -0.05) is 12.1 Å². The summed E-state index contributed by atoms with van der Waals surface area (Å²) in [6, 6.07) is 6.30. The topological polar surface area (TPSA) is 44.8 Å². The number of alkyl halides is 2. The van der Waals surface area contributed by atoms with Crippen LogP contribution >= 0.6 is 0 Å². The van der Waals surface area contributed by atoms with E-state index >= 15 is 0 Å². The summed E-state index contributed by atoms with van der Waals surface area (Å²) >= 11 is 0. The molecule has 1 saturated heterocycles. The molecule has 1 N–H and O–H groups in total. The Balaban J connectivity index is 2.01. The lowest BCUT2D eigenvalue weighted by Crippen LogP contribution is -2.51. The van der Waals surface area contributed by atoms with Crippen molar-refractivity contribution in [2.75, 3.05) is 32.5 Å². The number of benzene rings is 1. The molecular weight excluding hydrogens is 316 g/mol. The molecular formula is C17H25F2N3O2. The third-order valence-electron chi connectivity index (χ3n) is 4.45. The quantitative estimate of drug-likeness (QED) is 0.864. The predicted octanol–water partition coefficient (Wildman–Crippen LogP) is 2.64. The summed E-state index contributed by atoms with van der Waals surface area (Å²) in [4.78, 5) is 16.8. The van der Waals surface area contributed by atoms with Gasteiger partial charge in [0.25, 0.3) is 0 Å². The fourth-order valence-corrected chi connectivity index (χ4v) is 2.93. The SMILES string of the molecule is C[C@@H](C(=O)Nc1ccccc1OC(F)F)N1CCC[C@@H](N(C)C)C1. The zero-order valence-electron chi connectivity index (χ0n) is 14.3.